The zero-order valence-corrected chi connectivity index (χ0v) is 16.1. The van der Waals surface area contributed by atoms with Gasteiger partial charge in [0.2, 0.25) is 5.91 Å². The van der Waals surface area contributed by atoms with Gasteiger partial charge in [-0.1, -0.05) is 6.07 Å². The largest absolute Gasteiger partial charge is 0.457 e. The molecule has 0 radical (unpaired) electrons. The van der Waals surface area contributed by atoms with Gasteiger partial charge in [0.15, 0.2) is 9.84 Å². The van der Waals surface area contributed by atoms with E-state index in [0.717, 1.165) is 32.2 Å². The van der Waals surface area contributed by atoms with E-state index in [4.69, 9.17) is 4.74 Å². The topological polar surface area (TPSA) is 84.5 Å². The van der Waals surface area contributed by atoms with E-state index < -0.39 is 9.84 Å². The third kappa shape index (κ3) is 5.80. The molecular weight excluding hydrogens is 364 g/mol. The molecule has 0 spiro atoms. The van der Waals surface area contributed by atoms with Gasteiger partial charge in [-0.05, 0) is 74.3 Å². The molecule has 1 aliphatic heterocycles. The van der Waals surface area contributed by atoms with Gasteiger partial charge in [0, 0.05) is 18.4 Å². The van der Waals surface area contributed by atoms with Crippen LogP contribution in [0, 0.1) is 5.92 Å². The minimum atomic E-state index is -3.28. The summed E-state index contributed by atoms with van der Waals surface area (Å²) in [5.41, 5.74) is 0.710. The summed E-state index contributed by atoms with van der Waals surface area (Å²) in [6, 6.07) is 13.4. The van der Waals surface area contributed by atoms with Gasteiger partial charge >= 0.3 is 0 Å². The highest BCUT2D eigenvalue weighted by molar-refractivity contribution is 7.90. The molecule has 1 aliphatic rings. The van der Waals surface area contributed by atoms with Gasteiger partial charge in [-0.2, -0.15) is 0 Å². The van der Waals surface area contributed by atoms with Crippen molar-refractivity contribution >= 4 is 21.4 Å². The SMILES string of the molecule is CS(=O)(=O)c1cccc(Oc2ccc(NC(=O)CCC3CCNC3)cc2)c1. The predicted molar refractivity (Wildman–Crippen MR) is 105 cm³/mol. The third-order valence-corrected chi connectivity index (χ3v) is 5.66. The first kappa shape index (κ1) is 19.4. The highest BCUT2D eigenvalue weighted by Gasteiger charge is 2.15. The summed E-state index contributed by atoms with van der Waals surface area (Å²) in [7, 11) is -3.28. The average molecular weight is 388 g/mol. The maximum Gasteiger partial charge on any atom is 0.224 e. The van der Waals surface area contributed by atoms with Crippen LogP contribution < -0.4 is 15.4 Å². The van der Waals surface area contributed by atoms with Crippen LogP contribution in [-0.2, 0) is 14.6 Å². The fourth-order valence-corrected chi connectivity index (χ4v) is 3.69. The zero-order valence-electron chi connectivity index (χ0n) is 15.3. The lowest BCUT2D eigenvalue weighted by Crippen LogP contribution is -2.14. The van der Waals surface area contributed by atoms with Crippen molar-refractivity contribution in [3.05, 3.63) is 48.5 Å². The monoisotopic (exact) mass is 388 g/mol. The van der Waals surface area contributed by atoms with Crippen LogP contribution in [0.25, 0.3) is 0 Å². The average Bonchev–Trinajstić information content (AvgIpc) is 3.15. The maximum atomic E-state index is 12.1. The Hall–Kier alpha value is -2.38. The molecule has 27 heavy (non-hydrogen) atoms. The van der Waals surface area contributed by atoms with Crippen LogP contribution in [0.3, 0.4) is 0 Å². The van der Waals surface area contributed by atoms with Crippen LogP contribution in [0.1, 0.15) is 19.3 Å². The van der Waals surface area contributed by atoms with E-state index in [2.05, 4.69) is 10.6 Å². The number of sulfone groups is 1. The summed E-state index contributed by atoms with van der Waals surface area (Å²) < 4.78 is 29.0. The van der Waals surface area contributed by atoms with Crippen LogP contribution in [0.5, 0.6) is 11.5 Å². The third-order valence-electron chi connectivity index (χ3n) is 4.55. The Morgan fingerprint density at radius 2 is 1.96 bits per heavy atom. The number of anilines is 1. The summed E-state index contributed by atoms with van der Waals surface area (Å²) in [5.74, 6) is 1.61. The van der Waals surface area contributed by atoms with Gasteiger partial charge in [-0.25, -0.2) is 8.42 Å². The second kappa shape index (κ2) is 8.54. The molecule has 1 atom stereocenters. The zero-order chi connectivity index (χ0) is 19.3. The lowest BCUT2D eigenvalue weighted by Gasteiger charge is -2.10. The Labute approximate surface area is 159 Å². The van der Waals surface area contributed by atoms with Crippen LogP contribution in [0.15, 0.2) is 53.4 Å². The van der Waals surface area contributed by atoms with E-state index in [1.807, 2.05) is 0 Å². The van der Waals surface area contributed by atoms with Crippen molar-refractivity contribution < 1.29 is 17.9 Å². The molecule has 0 saturated carbocycles. The Kier molecular flexibility index (Phi) is 6.13. The highest BCUT2D eigenvalue weighted by Crippen LogP contribution is 2.25. The molecular formula is C20H24N2O4S. The van der Waals surface area contributed by atoms with E-state index in [-0.39, 0.29) is 10.8 Å². The molecule has 1 amide bonds. The first-order valence-corrected chi connectivity index (χ1v) is 10.9. The molecule has 7 heteroatoms. The molecule has 2 aromatic rings. The van der Waals surface area contributed by atoms with E-state index in [0.29, 0.717) is 29.5 Å². The lowest BCUT2D eigenvalue weighted by atomic mass is 10.0. The van der Waals surface area contributed by atoms with Crippen LogP contribution in [0.2, 0.25) is 0 Å². The van der Waals surface area contributed by atoms with E-state index in [1.54, 1.807) is 36.4 Å². The van der Waals surface area contributed by atoms with Gasteiger partial charge in [0.1, 0.15) is 11.5 Å². The standard InChI is InChI=1S/C20H24N2O4S/c1-27(24,25)19-4-2-3-18(13-19)26-17-8-6-16(7-9-17)22-20(23)10-5-15-11-12-21-14-15/h2-4,6-9,13,15,21H,5,10-12,14H2,1H3,(H,22,23). The van der Waals surface area contributed by atoms with Gasteiger partial charge < -0.3 is 15.4 Å². The summed E-state index contributed by atoms with van der Waals surface area (Å²) in [6.45, 7) is 2.04. The molecule has 0 aromatic heterocycles. The highest BCUT2D eigenvalue weighted by atomic mass is 32.2. The molecule has 6 nitrogen and oxygen atoms in total. The minimum absolute atomic E-state index is 0.0106. The fourth-order valence-electron chi connectivity index (χ4n) is 3.03. The normalized spacial score (nSPS) is 16.9. The summed E-state index contributed by atoms with van der Waals surface area (Å²) in [6.07, 6.45) is 3.71. The molecule has 3 rings (SSSR count). The molecule has 144 valence electrons. The number of ether oxygens (including phenoxy) is 1. The minimum Gasteiger partial charge on any atom is -0.457 e. The van der Waals surface area contributed by atoms with Crippen LogP contribution >= 0.6 is 0 Å². The quantitative estimate of drug-likeness (QED) is 0.761. The molecule has 2 aromatic carbocycles. The van der Waals surface area contributed by atoms with Crippen LogP contribution in [0.4, 0.5) is 5.69 Å². The number of hydrogen-bond acceptors (Lipinski definition) is 5. The molecule has 1 fully saturated rings. The first-order valence-electron chi connectivity index (χ1n) is 8.99. The second-order valence-electron chi connectivity index (χ2n) is 6.82. The van der Waals surface area contributed by atoms with E-state index in [1.165, 1.54) is 12.1 Å². The van der Waals surface area contributed by atoms with Crippen molar-refractivity contribution in [2.24, 2.45) is 5.92 Å². The first-order chi connectivity index (χ1) is 12.9. The molecule has 0 bridgehead atoms. The van der Waals surface area contributed by atoms with Gasteiger partial charge in [-0.3, -0.25) is 4.79 Å². The predicted octanol–water partition coefficient (Wildman–Crippen LogP) is 3.21. The summed E-state index contributed by atoms with van der Waals surface area (Å²) in [4.78, 5) is 12.3. The van der Waals surface area contributed by atoms with Gasteiger partial charge in [-0.15, -0.1) is 0 Å². The molecule has 2 N–H and O–H groups in total. The Balaban J connectivity index is 1.55. The van der Waals surface area contributed by atoms with Crippen molar-refractivity contribution in [3.8, 4) is 11.5 Å². The van der Waals surface area contributed by atoms with Crippen LogP contribution in [-0.4, -0.2) is 33.7 Å². The molecule has 1 heterocycles. The van der Waals surface area contributed by atoms with Crippen molar-refractivity contribution in [3.63, 3.8) is 0 Å². The number of amides is 1. The Morgan fingerprint density at radius 3 is 2.63 bits per heavy atom. The maximum absolute atomic E-state index is 12.1. The number of hydrogen-bond donors (Lipinski definition) is 2. The number of carbonyl (C=O) groups is 1. The van der Waals surface area contributed by atoms with Crippen molar-refractivity contribution in [1.82, 2.24) is 5.32 Å². The Bertz CT molecular complexity index is 888. The number of rotatable bonds is 7. The molecule has 1 unspecified atom stereocenters. The second-order valence-corrected chi connectivity index (χ2v) is 8.83. The van der Waals surface area contributed by atoms with Crippen molar-refractivity contribution in [1.29, 1.82) is 0 Å². The van der Waals surface area contributed by atoms with E-state index >= 15 is 0 Å². The fraction of sp³-hybridized carbons (Fsp3) is 0.350. The van der Waals surface area contributed by atoms with Crippen molar-refractivity contribution in [2.45, 2.75) is 24.2 Å². The number of nitrogens with one attached hydrogen (secondary N) is 2. The summed E-state index contributed by atoms with van der Waals surface area (Å²) in [5, 5.41) is 6.20. The van der Waals surface area contributed by atoms with E-state index in [9.17, 15) is 13.2 Å². The Morgan fingerprint density at radius 1 is 1.19 bits per heavy atom. The summed E-state index contributed by atoms with van der Waals surface area (Å²) >= 11 is 0. The number of carbonyl (C=O) groups excluding carboxylic acids is 1. The van der Waals surface area contributed by atoms with Gasteiger partial charge in [0.05, 0.1) is 4.90 Å². The van der Waals surface area contributed by atoms with Crippen molar-refractivity contribution in [2.75, 3.05) is 24.7 Å². The lowest BCUT2D eigenvalue weighted by molar-refractivity contribution is -0.116. The van der Waals surface area contributed by atoms with Gasteiger partial charge in [0.25, 0.3) is 0 Å². The smallest absolute Gasteiger partial charge is 0.224 e. The molecule has 1 saturated heterocycles. The molecule has 0 aliphatic carbocycles. The number of benzene rings is 2.